The quantitative estimate of drug-likeness (QED) is 0.649. The van der Waals surface area contributed by atoms with Crippen LogP contribution in [0.3, 0.4) is 0 Å². The zero-order valence-corrected chi connectivity index (χ0v) is 16.3. The van der Waals surface area contributed by atoms with Crippen LogP contribution in [0.25, 0.3) is 16.7 Å². The molecule has 2 aliphatic rings. The number of hydrogen-bond acceptors (Lipinski definition) is 1. The van der Waals surface area contributed by atoms with Crippen molar-refractivity contribution in [2.75, 3.05) is 6.54 Å². The molecule has 0 saturated carbocycles. The molecule has 0 atom stereocenters. The van der Waals surface area contributed by atoms with E-state index in [1.807, 2.05) is 0 Å². The minimum absolute atomic E-state index is 0.889. The van der Waals surface area contributed by atoms with Crippen molar-refractivity contribution in [2.45, 2.75) is 33.1 Å². The molecule has 0 unspecified atom stereocenters. The topological polar surface area (TPSA) is 12.0 Å². The second kappa shape index (κ2) is 7.84. The SMILES string of the molecule is Cc1ccccc1-c1cc(C2=C/CC3=C(CCC=C3)NC/C=C\2)ccc1C. The first-order chi connectivity index (χ1) is 13.2. The number of rotatable bonds is 2. The van der Waals surface area contributed by atoms with Gasteiger partial charge in [0.05, 0.1) is 0 Å². The summed E-state index contributed by atoms with van der Waals surface area (Å²) < 4.78 is 0. The second-order valence-corrected chi connectivity index (χ2v) is 7.44. The Balaban J connectivity index is 1.73. The second-order valence-electron chi connectivity index (χ2n) is 7.44. The molecule has 0 bridgehead atoms. The van der Waals surface area contributed by atoms with Crippen LogP contribution in [0.1, 0.15) is 36.0 Å². The number of hydrogen-bond donors (Lipinski definition) is 1. The highest BCUT2D eigenvalue weighted by Crippen LogP contribution is 2.31. The molecule has 0 saturated heterocycles. The van der Waals surface area contributed by atoms with Gasteiger partial charge in [-0.15, -0.1) is 0 Å². The molecule has 0 spiro atoms. The smallest absolute Gasteiger partial charge is 0.0331 e. The molecule has 1 aliphatic carbocycles. The molecular formula is C26H27N. The van der Waals surface area contributed by atoms with Crippen LogP contribution in [0.5, 0.6) is 0 Å². The van der Waals surface area contributed by atoms with E-state index < -0.39 is 0 Å². The Morgan fingerprint density at radius 1 is 0.852 bits per heavy atom. The Morgan fingerprint density at radius 3 is 2.59 bits per heavy atom. The summed E-state index contributed by atoms with van der Waals surface area (Å²) in [5.41, 5.74) is 10.7. The Morgan fingerprint density at radius 2 is 1.70 bits per heavy atom. The monoisotopic (exact) mass is 353 g/mol. The van der Waals surface area contributed by atoms with Crippen LogP contribution >= 0.6 is 0 Å². The standard InChI is InChI=1S/C26H27N/c1-19-8-3-5-11-24(19)25-18-23(14-13-20(25)2)21-10-7-17-27-26-12-6-4-9-22(26)16-15-21/h3-5,7-11,13-15,18,27H,6,12,16-17H2,1-2H3/b10-7-,21-15+. The van der Waals surface area contributed by atoms with E-state index in [4.69, 9.17) is 0 Å². The van der Waals surface area contributed by atoms with Gasteiger partial charge in [-0.2, -0.15) is 0 Å². The molecule has 1 heteroatoms. The van der Waals surface area contributed by atoms with Gasteiger partial charge in [0.2, 0.25) is 0 Å². The molecule has 1 heterocycles. The van der Waals surface area contributed by atoms with Gasteiger partial charge in [-0.25, -0.2) is 0 Å². The zero-order chi connectivity index (χ0) is 18.6. The Kier molecular flexibility index (Phi) is 5.11. The van der Waals surface area contributed by atoms with Gasteiger partial charge in [-0.05, 0) is 78.1 Å². The van der Waals surface area contributed by atoms with Gasteiger partial charge in [-0.3, -0.25) is 0 Å². The molecule has 136 valence electrons. The molecule has 0 radical (unpaired) electrons. The van der Waals surface area contributed by atoms with Gasteiger partial charge in [0, 0.05) is 12.2 Å². The number of allylic oxidation sites excluding steroid dienone is 7. The first-order valence-electron chi connectivity index (χ1n) is 9.88. The van der Waals surface area contributed by atoms with Crippen molar-refractivity contribution in [2.24, 2.45) is 0 Å². The largest absolute Gasteiger partial charge is 0.385 e. The normalized spacial score (nSPS) is 19.9. The van der Waals surface area contributed by atoms with Crippen molar-refractivity contribution in [3.63, 3.8) is 0 Å². The van der Waals surface area contributed by atoms with Crippen LogP contribution in [0, 0.1) is 13.8 Å². The third-order valence-corrected chi connectivity index (χ3v) is 5.55. The minimum atomic E-state index is 0.889. The summed E-state index contributed by atoms with van der Waals surface area (Å²) in [5, 5.41) is 3.60. The lowest BCUT2D eigenvalue weighted by molar-refractivity contribution is 0.781. The number of aryl methyl sites for hydroxylation is 2. The van der Waals surface area contributed by atoms with E-state index in [2.05, 4.69) is 92.0 Å². The fourth-order valence-electron chi connectivity index (χ4n) is 3.94. The highest BCUT2D eigenvalue weighted by Gasteiger charge is 2.11. The molecule has 1 N–H and O–H groups in total. The summed E-state index contributed by atoms with van der Waals surface area (Å²) in [6.07, 6.45) is 14.7. The fourth-order valence-corrected chi connectivity index (χ4v) is 3.94. The predicted octanol–water partition coefficient (Wildman–Crippen LogP) is 6.51. The van der Waals surface area contributed by atoms with Crippen molar-refractivity contribution in [1.82, 2.24) is 5.32 Å². The average Bonchev–Trinajstić information content (AvgIpc) is 2.79. The summed E-state index contributed by atoms with van der Waals surface area (Å²) in [4.78, 5) is 0. The van der Waals surface area contributed by atoms with Crippen LogP contribution in [-0.4, -0.2) is 6.54 Å². The predicted molar refractivity (Wildman–Crippen MR) is 116 cm³/mol. The van der Waals surface area contributed by atoms with Crippen molar-refractivity contribution < 1.29 is 0 Å². The van der Waals surface area contributed by atoms with Crippen LogP contribution in [-0.2, 0) is 0 Å². The Labute approximate surface area is 162 Å². The van der Waals surface area contributed by atoms with Gasteiger partial charge < -0.3 is 5.32 Å². The van der Waals surface area contributed by atoms with Crippen molar-refractivity contribution in [1.29, 1.82) is 0 Å². The lowest BCUT2D eigenvalue weighted by Gasteiger charge is -2.16. The van der Waals surface area contributed by atoms with Crippen molar-refractivity contribution in [3.8, 4) is 11.1 Å². The summed E-state index contributed by atoms with van der Waals surface area (Å²) in [6, 6.07) is 15.5. The van der Waals surface area contributed by atoms with E-state index in [0.29, 0.717) is 0 Å². The third-order valence-electron chi connectivity index (χ3n) is 5.55. The third kappa shape index (κ3) is 3.83. The fraction of sp³-hybridized carbons (Fsp3) is 0.231. The lowest BCUT2D eigenvalue weighted by Crippen LogP contribution is -2.16. The van der Waals surface area contributed by atoms with Crippen LogP contribution in [0.2, 0.25) is 0 Å². The maximum atomic E-state index is 3.60. The van der Waals surface area contributed by atoms with Gasteiger partial charge in [0.25, 0.3) is 0 Å². The van der Waals surface area contributed by atoms with Crippen molar-refractivity contribution in [3.05, 3.63) is 101 Å². The maximum absolute atomic E-state index is 3.60. The first-order valence-corrected chi connectivity index (χ1v) is 9.88. The molecule has 0 aromatic heterocycles. The summed E-state index contributed by atoms with van der Waals surface area (Å²) in [5.74, 6) is 0. The molecule has 0 amide bonds. The van der Waals surface area contributed by atoms with Crippen LogP contribution in [0.15, 0.2) is 84.1 Å². The molecule has 0 fully saturated rings. The molecule has 4 rings (SSSR count). The van der Waals surface area contributed by atoms with Crippen LogP contribution in [0.4, 0.5) is 0 Å². The molecule has 2 aromatic rings. The summed E-state index contributed by atoms with van der Waals surface area (Å²) in [6.45, 7) is 5.28. The Hall–Kier alpha value is -2.80. The summed E-state index contributed by atoms with van der Waals surface area (Å²) >= 11 is 0. The van der Waals surface area contributed by atoms with Gasteiger partial charge in [0.15, 0.2) is 0 Å². The summed E-state index contributed by atoms with van der Waals surface area (Å²) in [7, 11) is 0. The van der Waals surface area contributed by atoms with E-state index in [9.17, 15) is 0 Å². The zero-order valence-electron chi connectivity index (χ0n) is 16.3. The van der Waals surface area contributed by atoms with E-state index in [-0.39, 0.29) is 0 Å². The van der Waals surface area contributed by atoms with Gasteiger partial charge in [-0.1, -0.05) is 66.8 Å². The van der Waals surface area contributed by atoms with E-state index in [1.54, 1.807) is 0 Å². The molecule has 1 nitrogen and oxygen atoms in total. The minimum Gasteiger partial charge on any atom is -0.385 e. The van der Waals surface area contributed by atoms with Crippen LogP contribution < -0.4 is 5.32 Å². The van der Waals surface area contributed by atoms with E-state index >= 15 is 0 Å². The molecular weight excluding hydrogens is 326 g/mol. The number of nitrogens with one attached hydrogen (secondary N) is 1. The maximum Gasteiger partial charge on any atom is 0.0331 e. The van der Waals surface area contributed by atoms with Gasteiger partial charge in [0.1, 0.15) is 0 Å². The lowest BCUT2D eigenvalue weighted by atomic mass is 9.92. The number of benzene rings is 2. The van der Waals surface area contributed by atoms with Gasteiger partial charge >= 0.3 is 0 Å². The molecule has 2 aromatic carbocycles. The average molecular weight is 354 g/mol. The highest BCUT2D eigenvalue weighted by atomic mass is 14.9. The van der Waals surface area contributed by atoms with E-state index in [0.717, 1.165) is 25.8 Å². The molecule has 27 heavy (non-hydrogen) atoms. The highest BCUT2D eigenvalue weighted by molar-refractivity contribution is 5.80. The Bertz CT molecular complexity index is 969. The molecule has 1 aliphatic heterocycles. The first kappa shape index (κ1) is 17.6. The van der Waals surface area contributed by atoms with Crippen molar-refractivity contribution >= 4 is 5.57 Å². The van der Waals surface area contributed by atoms with E-state index in [1.165, 1.54) is 44.7 Å².